The van der Waals surface area contributed by atoms with Gasteiger partial charge < -0.3 is 5.32 Å². The van der Waals surface area contributed by atoms with Gasteiger partial charge in [-0.25, -0.2) is 4.39 Å². The van der Waals surface area contributed by atoms with Crippen LogP contribution in [0.4, 0.5) is 4.39 Å². The molecule has 0 amide bonds. The van der Waals surface area contributed by atoms with Gasteiger partial charge in [-0.3, -0.25) is 0 Å². The van der Waals surface area contributed by atoms with Crippen LogP contribution in [-0.2, 0) is 6.42 Å². The SMILES string of the molecule is CCNC1CCCCC1Cc1ccc(F)c(Cl)c1. The Hall–Kier alpha value is -0.600. The lowest BCUT2D eigenvalue weighted by Crippen LogP contribution is -2.39. The lowest BCUT2D eigenvalue weighted by molar-refractivity contribution is 0.264. The summed E-state index contributed by atoms with van der Waals surface area (Å²) in [4.78, 5) is 0. The summed E-state index contributed by atoms with van der Waals surface area (Å²) in [5.41, 5.74) is 1.15. The average Bonchev–Trinajstić information content (AvgIpc) is 2.37. The van der Waals surface area contributed by atoms with Crippen LogP contribution < -0.4 is 5.32 Å². The largest absolute Gasteiger partial charge is 0.314 e. The molecule has 1 aliphatic carbocycles. The summed E-state index contributed by atoms with van der Waals surface area (Å²) >= 11 is 5.84. The van der Waals surface area contributed by atoms with Crippen LogP contribution in [0.1, 0.15) is 38.2 Å². The third-order valence-corrected chi connectivity index (χ3v) is 4.15. The van der Waals surface area contributed by atoms with Crippen LogP contribution in [0.2, 0.25) is 5.02 Å². The highest BCUT2D eigenvalue weighted by Gasteiger charge is 2.24. The lowest BCUT2D eigenvalue weighted by atomic mass is 9.80. The zero-order valence-electron chi connectivity index (χ0n) is 10.9. The summed E-state index contributed by atoms with van der Waals surface area (Å²) in [6, 6.07) is 5.71. The fraction of sp³-hybridized carbons (Fsp3) is 0.600. The molecule has 100 valence electrons. The maximum Gasteiger partial charge on any atom is 0.141 e. The van der Waals surface area contributed by atoms with Gasteiger partial charge in [0.05, 0.1) is 5.02 Å². The van der Waals surface area contributed by atoms with E-state index in [0.29, 0.717) is 12.0 Å². The van der Waals surface area contributed by atoms with Gasteiger partial charge in [0.1, 0.15) is 5.82 Å². The molecule has 2 rings (SSSR count). The molecule has 0 aliphatic heterocycles. The molecular formula is C15H21ClFN. The molecule has 2 unspecified atom stereocenters. The summed E-state index contributed by atoms with van der Waals surface area (Å²) < 4.78 is 13.1. The Morgan fingerprint density at radius 1 is 1.33 bits per heavy atom. The molecule has 1 aromatic carbocycles. The van der Waals surface area contributed by atoms with Crippen LogP contribution >= 0.6 is 11.6 Å². The summed E-state index contributed by atoms with van der Waals surface area (Å²) in [6.45, 7) is 3.17. The minimum absolute atomic E-state index is 0.239. The minimum Gasteiger partial charge on any atom is -0.314 e. The molecule has 1 saturated carbocycles. The Labute approximate surface area is 114 Å². The second-order valence-electron chi connectivity index (χ2n) is 5.16. The van der Waals surface area contributed by atoms with E-state index in [1.165, 1.54) is 31.7 Å². The van der Waals surface area contributed by atoms with Crippen molar-refractivity contribution in [1.82, 2.24) is 5.32 Å². The molecule has 1 aliphatic rings. The number of rotatable bonds is 4. The lowest BCUT2D eigenvalue weighted by Gasteiger charge is -2.32. The highest BCUT2D eigenvalue weighted by molar-refractivity contribution is 6.30. The van der Waals surface area contributed by atoms with Gasteiger partial charge in [-0.05, 0) is 49.4 Å². The van der Waals surface area contributed by atoms with Crippen molar-refractivity contribution in [2.75, 3.05) is 6.54 Å². The Balaban J connectivity index is 2.03. The maximum atomic E-state index is 13.1. The summed E-state index contributed by atoms with van der Waals surface area (Å²) in [5, 5.41) is 3.81. The van der Waals surface area contributed by atoms with Gasteiger partial charge in [-0.15, -0.1) is 0 Å². The zero-order chi connectivity index (χ0) is 13.0. The van der Waals surface area contributed by atoms with Crippen LogP contribution in [0.15, 0.2) is 18.2 Å². The van der Waals surface area contributed by atoms with Gasteiger partial charge in [0.25, 0.3) is 0 Å². The van der Waals surface area contributed by atoms with Crippen LogP contribution in [0, 0.1) is 11.7 Å². The van der Waals surface area contributed by atoms with Crippen molar-refractivity contribution in [3.63, 3.8) is 0 Å². The fourth-order valence-electron chi connectivity index (χ4n) is 2.95. The normalized spacial score (nSPS) is 24.2. The van der Waals surface area contributed by atoms with Gasteiger partial charge in [0.15, 0.2) is 0 Å². The van der Waals surface area contributed by atoms with E-state index in [9.17, 15) is 4.39 Å². The molecule has 1 fully saturated rings. The van der Waals surface area contributed by atoms with E-state index in [1.54, 1.807) is 6.07 Å². The van der Waals surface area contributed by atoms with Crippen molar-refractivity contribution >= 4 is 11.6 Å². The van der Waals surface area contributed by atoms with E-state index >= 15 is 0 Å². The van der Waals surface area contributed by atoms with Gasteiger partial charge >= 0.3 is 0 Å². The molecule has 1 nitrogen and oxygen atoms in total. The second-order valence-corrected chi connectivity index (χ2v) is 5.57. The predicted molar refractivity (Wildman–Crippen MR) is 74.5 cm³/mol. The van der Waals surface area contributed by atoms with Gasteiger partial charge in [0, 0.05) is 6.04 Å². The van der Waals surface area contributed by atoms with Gasteiger partial charge in [-0.1, -0.05) is 37.4 Å². The van der Waals surface area contributed by atoms with Gasteiger partial charge in [-0.2, -0.15) is 0 Å². The summed E-state index contributed by atoms with van der Waals surface area (Å²) in [6.07, 6.45) is 6.14. The number of nitrogens with one attached hydrogen (secondary N) is 1. The minimum atomic E-state index is -0.327. The smallest absolute Gasteiger partial charge is 0.141 e. The number of halogens is 2. The van der Waals surface area contributed by atoms with E-state index in [4.69, 9.17) is 11.6 Å². The highest BCUT2D eigenvalue weighted by atomic mass is 35.5. The Kier molecular flexibility index (Phi) is 5.02. The van der Waals surface area contributed by atoms with Crippen LogP contribution in [0.25, 0.3) is 0 Å². The maximum absolute atomic E-state index is 13.1. The van der Waals surface area contributed by atoms with Crippen LogP contribution in [0.5, 0.6) is 0 Å². The quantitative estimate of drug-likeness (QED) is 0.864. The molecule has 0 saturated heterocycles. The predicted octanol–water partition coefficient (Wildman–Crippen LogP) is 4.19. The topological polar surface area (TPSA) is 12.0 Å². The molecular weight excluding hydrogens is 249 g/mol. The first kappa shape index (κ1) is 13.8. The third kappa shape index (κ3) is 3.46. The molecule has 0 bridgehead atoms. The van der Waals surface area contributed by atoms with E-state index in [1.807, 2.05) is 6.07 Å². The summed E-state index contributed by atoms with van der Waals surface area (Å²) in [5.74, 6) is 0.326. The molecule has 2 atom stereocenters. The van der Waals surface area contributed by atoms with Crippen molar-refractivity contribution < 1.29 is 4.39 Å². The molecule has 0 aromatic heterocycles. The number of hydrogen-bond donors (Lipinski definition) is 1. The number of hydrogen-bond acceptors (Lipinski definition) is 1. The first-order valence-electron chi connectivity index (χ1n) is 6.88. The Morgan fingerprint density at radius 3 is 2.83 bits per heavy atom. The van der Waals surface area contributed by atoms with Gasteiger partial charge in [0.2, 0.25) is 0 Å². The fourth-order valence-corrected chi connectivity index (χ4v) is 3.16. The molecule has 0 heterocycles. The molecule has 18 heavy (non-hydrogen) atoms. The van der Waals surface area contributed by atoms with Crippen molar-refractivity contribution in [3.8, 4) is 0 Å². The van der Waals surface area contributed by atoms with Crippen LogP contribution in [-0.4, -0.2) is 12.6 Å². The molecule has 1 N–H and O–H groups in total. The summed E-state index contributed by atoms with van der Waals surface area (Å²) in [7, 11) is 0. The third-order valence-electron chi connectivity index (χ3n) is 3.86. The molecule has 0 radical (unpaired) electrons. The van der Waals surface area contributed by atoms with Crippen molar-refractivity contribution in [2.45, 2.75) is 45.1 Å². The van der Waals surface area contributed by atoms with E-state index in [2.05, 4.69) is 12.2 Å². The number of benzene rings is 1. The first-order chi connectivity index (χ1) is 8.70. The van der Waals surface area contributed by atoms with Crippen molar-refractivity contribution in [3.05, 3.63) is 34.6 Å². The Morgan fingerprint density at radius 2 is 2.11 bits per heavy atom. The average molecular weight is 270 g/mol. The van der Waals surface area contributed by atoms with Crippen molar-refractivity contribution in [2.24, 2.45) is 5.92 Å². The van der Waals surface area contributed by atoms with E-state index in [-0.39, 0.29) is 10.8 Å². The Bertz CT molecular complexity index is 392. The monoisotopic (exact) mass is 269 g/mol. The zero-order valence-corrected chi connectivity index (χ0v) is 11.6. The molecule has 1 aromatic rings. The molecule has 0 spiro atoms. The first-order valence-corrected chi connectivity index (χ1v) is 7.25. The van der Waals surface area contributed by atoms with E-state index < -0.39 is 0 Å². The van der Waals surface area contributed by atoms with E-state index in [0.717, 1.165) is 18.5 Å². The second kappa shape index (κ2) is 6.53. The molecule has 3 heteroatoms. The highest BCUT2D eigenvalue weighted by Crippen LogP contribution is 2.28. The van der Waals surface area contributed by atoms with Crippen LogP contribution in [0.3, 0.4) is 0 Å². The standard InChI is InChI=1S/C15H21ClFN/c1-2-18-15-6-4-3-5-12(15)9-11-7-8-14(17)13(16)10-11/h7-8,10,12,15,18H,2-6,9H2,1H3. The van der Waals surface area contributed by atoms with Crippen molar-refractivity contribution in [1.29, 1.82) is 0 Å².